The number of amides is 2. The van der Waals surface area contributed by atoms with Crippen molar-refractivity contribution >= 4 is 27.5 Å². The van der Waals surface area contributed by atoms with Gasteiger partial charge in [0.05, 0.1) is 10.6 Å². The minimum atomic E-state index is -4.07. The monoisotopic (exact) mass is 549 g/mol. The minimum Gasteiger partial charge on any atom is -0.352 e. The number of para-hydroxylation sites is 1. The third kappa shape index (κ3) is 7.69. The van der Waals surface area contributed by atoms with Crippen LogP contribution in [0.15, 0.2) is 83.8 Å². The second-order valence-corrected chi connectivity index (χ2v) is 11.8. The van der Waals surface area contributed by atoms with Crippen molar-refractivity contribution in [2.24, 2.45) is 0 Å². The molecule has 2 atom stereocenters. The van der Waals surface area contributed by atoms with E-state index in [0.29, 0.717) is 12.1 Å². The lowest BCUT2D eigenvalue weighted by Gasteiger charge is -2.33. The molecule has 0 fully saturated rings. The van der Waals surface area contributed by atoms with Gasteiger partial charge in [-0.1, -0.05) is 79.6 Å². The molecular weight excluding hydrogens is 510 g/mol. The third-order valence-corrected chi connectivity index (χ3v) is 8.54. The zero-order valence-electron chi connectivity index (χ0n) is 23.4. The zero-order chi connectivity index (χ0) is 28.6. The zero-order valence-corrected chi connectivity index (χ0v) is 24.2. The van der Waals surface area contributed by atoms with Gasteiger partial charge >= 0.3 is 0 Å². The van der Waals surface area contributed by atoms with Crippen LogP contribution in [0.3, 0.4) is 0 Å². The minimum absolute atomic E-state index is 0.0507. The Morgan fingerprint density at radius 2 is 1.51 bits per heavy atom. The predicted molar refractivity (Wildman–Crippen MR) is 156 cm³/mol. The Kier molecular flexibility index (Phi) is 10.3. The molecule has 39 heavy (non-hydrogen) atoms. The molecule has 2 amide bonds. The topological polar surface area (TPSA) is 86.8 Å². The standard InChI is InChI=1S/C31H39N3O4S/c1-6-25(5)32-31(36)29(7-2)33(21-26-13-11-12-24(4)20-26)30(35)22-34(27-14-9-8-10-15-27)39(37,38)28-18-16-23(3)17-19-28/h8-20,25,29H,6-7,21-22H2,1-5H3,(H,32,36)/t25-,29-/m0/s1. The summed E-state index contributed by atoms with van der Waals surface area (Å²) in [6, 6.07) is 22.1. The highest BCUT2D eigenvalue weighted by Gasteiger charge is 2.33. The normalized spacial score (nSPS) is 12.8. The van der Waals surface area contributed by atoms with Gasteiger partial charge in [-0.05, 0) is 63.4 Å². The van der Waals surface area contributed by atoms with Gasteiger partial charge in [-0.15, -0.1) is 0 Å². The first kappa shape index (κ1) is 29.9. The van der Waals surface area contributed by atoms with Gasteiger partial charge in [0.25, 0.3) is 10.0 Å². The highest BCUT2D eigenvalue weighted by Crippen LogP contribution is 2.25. The molecule has 0 unspecified atom stereocenters. The van der Waals surface area contributed by atoms with Gasteiger partial charge in [-0.25, -0.2) is 8.42 Å². The highest BCUT2D eigenvalue weighted by atomic mass is 32.2. The molecule has 0 aliphatic rings. The molecule has 0 aliphatic carbocycles. The van der Waals surface area contributed by atoms with E-state index >= 15 is 0 Å². The molecular formula is C31H39N3O4S. The Hall–Kier alpha value is -3.65. The SMILES string of the molecule is CC[C@H](C)NC(=O)[C@H](CC)N(Cc1cccc(C)c1)C(=O)CN(c1ccccc1)S(=O)(=O)c1ccc(C)cc1. The van der Waals surface area contributed by atoms with Gasteiger partial charge in [0.1, 0.15) is 12.6 Å². The van der Waals surface area contributed by atoms with Gasteiger partial charge in [-0.2, -0.15) is 0 Å². The van der Waals surface area contributed by atoms with Crippen LogP contribution in [0, 0.1) is 13.8 Å². The van der Waals surface area contributed by atoms with E-state index in [-0.39, 0.29) is 23.4 Å². The fourth-order valence-electron chi connectivity index (χ4n) is 4.33. The summed E-state index contributed by atoms with van der Waals surface area (Å²) >= 11 is 0. The lowest BCUT2D eigenvalue weighted by molar-refractivity contribution is -0.140. The van der Waals surface area contributed by atoms with Crippen molar-refractivity contribution in [2.45, 2.75) is 71.0 Å². The van der Waals surface area contributed by atoms with Crippen LogP contribution in [0.25, 0.3) is 0 Å². The number of nitrogens with one attached hydrogen (secondary N) is 1. The predicted octanol–water partition coefficient (Wildman–Crippen LogP) is 5.22. The summed E-state index contributed by atoms with van der Waals surface area (Å²) in [7, 11) is -4.07. The lowest BCUT2D eigenvalue weighted by atomic mass is 10.1. The van der Waals surface area contributed by atoms with Crippen LogP contribution >= 0.6 is 0 Å². The molecule has 0 saturated heterocycles. The van der Waals surface area contributed by atoms with E-state index in [9.17, 15) is 18.0 Å². The summed E-state index contributed by atoms with van der Waals surface area (Å²) < 4.78 is 28.8. The van der Waals surface area contributed by atoms with Gasteiger partial charge in [0, 0.05) is 12.6 Å². The average molecular weight is 550 g/mol. The fraction of sp³-hybridized carbons (Fsp3) is 0.355. The van der Waals surface area contributed by atoms with E-state index in [2.05, 4.69) is 5.32 Å². The average Bonchev–Trinajstić information content (AvgIpc) is 2.92. The fourth-order valence-corrected chi connectivity index (χ4v) is 5.74. The van der Waals surface area contributed by atoms with Crippen LogP contribution in [0.4, 0.5) is 5.69 Å². The van der Waals surface area contributed by atoms with E-state index in [1.807, 2.05) is 58.9 Å². The van der Waals surface area contributed by atoms with Crippen molar-refractivity contribution in [3.8, 4) is 0 Å². The van der Waals surface area contributed by atoms with Crippen molar-refractivity contribution in [1.82, 2.24) is 10.2 Å². The number of hydrogen-bond acceptors (Lipinski definition) is 4. The van der Waals surface area contributed by atoms with Crippen molar-refractivity contribution < 1.29 is 18.0 Å². The maximum absolute atomic E-state index is 14.0. The maximum Gasteiger partial charge on any atom is 0.264 e. The summed E-state index contributed by atoms with van der Waals surface area (Å²) in [4.78, 5) is 29.0. The summed E-state index contributed by atoms with van der Waals surface area (Å²) in [5, 5.41) is 2.99. The van der Waals surface area contributed by atoms with Gasteiger partial charge in [-0.3, -0.25) is 13.9 Å². The van der Waals surface area contributed by atoms with Crippen LogP contribution in [0.1, 0.15) is 50.3 Å². The first-order valence-electron chi connectivity index (χ1n) is 13.4. The van der Waals surface area contributed by atoms with Crippen LogP contribution < -0.4 is 9.62 Å². The molecule has 0 heterocycles. The summed E-state index contributed by atoms with van der Waals surface area (Å²) in [5.41, 5.74) is 3.20. The van der Waals surface area contributed by atoms with Crippen LogP contribution in [0.5, 0.6) is 0 Å². The number of aryl methyl sites for hydroxylation is 2. The molecule has 8 heteroatoms. The van der Waals surface area contributed by atoms with E-state index < -0.39 is 28.5 Å². The summed E-state index contributed by atoms with van der Waals surface area (Å²) in [5.74, 6) is -0.706. The van der Waals surface area contributed by atoms with Crippen LogP contribution in [-0.2, 0) is 26.2 Å². The summed E-state index contributed by atoms with van der Waals surface area (Å²) in [6.07, 6.45) is 1.14. The number of carbonyl (C=O) groups is 2. The van der Waals surface area contributed by atoms with E-state index in [4.69, 9.17) is 0 Å². The lowest BCUT2D eigenvalue weighted by Crippen LogP contribution is -2.53. The van der Waals surface area contributed by atoms with E-state index in [0.717, 1.165) is 27.4 Å². The van der Waals surface area contributed by atoms with Gasteiger partial charge < -0.3 is 10.2 Å². The van der Waals surface area contributed by atoms with Crippen LogP contribution in [0.2, 0.25) is 0 Å². The molecule has 0 radical (unpaired) electrons. The second-order valence-electron chi connectivity index (χ2n) is 9.91. The number of anilines is 1. The van der Waals surface area contributed by atoms with E-state index in [1.165, 1.54) is 4.90 Å². The molecule has 3 aromatic carbocycles. The smallest absolute Gasteiger partial charge is 0.264 e. The maximum atomic E-state index is 14.0. The Labute approximate surface area is 232 Å². The Balaban J connectivity index is 2.03. The second kappa shape index (κ2) is 13.4. The van der Waals surface area contributed by atoms with Gasteiger partial charge in [0.2, 0.25) is 11.8 Å². The highest BCUT2D eigenvalue weighted by molar-refractivity contribution is 7.92. The molecule has 1 N–H and O–H groups in total. The molecule has 3 aromatic rings. The number of carbonyl (C=O) groups excluding carboxylic acids is 2. The molecule has 0 aliphatic heterocycles. The number of benzene rings is 3. The first-order chi connectivity index (χ1) is 18.6. The number of hydrogen-bond donors (Lipinski definition) is 1. The Bertz CT molecular complexity index is 1360. The molecule has 3 rings (SSSR count). The molecule has 0 aromatic heterocycles. The van der Waals surface area contributed by atoms with Crippen molar-refractivity contribution in [3.05, 3.63) is 95.6 Å². The largest absolute Gasteiger partial charge is 0.352 e. The molecule has 0 saturated carbocycles. The number of sulfonamides is 1. The molecule has 0 spiro atoms. The number of rotatable bonds is 12. The van der Waals surface area contributed by atoms with E-state index in [1.54, 1.807) is 54.6 Å². The molecule has 7 nitrogen and oxygen atoms in total. The van der Waals surface area contributed by atoms with Crippen molar-refractivity contribution in [1.29, 1.82) is 0 Å². The Morgan fingerprint density at radius 1 is 0.846 bits per heavy atom. The number of nitrogens with zero attached hydrogens (tertiary/aromatic N) is 2. The van der Waals surface area contributed by atoms with Crippen LogP contribution in [-0.4, -0.2) is 43.8 Å². The quantitative estimate of drug-likeness (QED) is 0.336. The summed E-state index contributed by atoms with van der Waals surface area (Å²) in [6.45, 7) is 9.34. The molecule has 208 valence electrons. The van der Waals surface area contributed by atoms with Crippen molar-refractivity contribution in [3.63, 3.8) is 0 Å². The first-order valence-corrected chi connectivity index (χ1v) is 14.8. The Morgan fingerprint density at radius 3 is 2.10 bits per heavy atom. The van der Waals surface area contributed by atoms with Gasteiger partial charge in [0.15, 0.2) is 0 Å². The molecule has 0 bridgehead atoms. The third-order valence-electron chi connectivity index (χ3n) is 6.75. The van der Waals surface area contributed by atoms with Crippen molar-refractivity contribution in [2.75, 3.05) is 10.8 Å².